The Kier molecular flexibility index (Phi) is 6.96. The van der Waals surface area contributed by atoms with Crippen molar-refractivity contribution in [1.82, 2.24) is 4.98 Å². The SMILES string of the molecule is CCOC(=O)N(CC(OC=O)OCC)c1ccc(N)cn1. The van der Waals surface area contributed by atoms with Crippen molar-refractivity contribution in [2.75, 3.05) is 30.4 Å². The van der Waals surface area contributed by atoms with Crippen LogP contribution in [0.1, 0.15) is 13.8 Å². The van der Waals surface area contributed by atoms with Gasteiger partial charge in [-0.2, -0.15) is 0 Å². The van der Waals surface area contributed by atoms with Crippen LogP contribution >= 0.6 is 0 Å². The van der Waals surface area contributed by atoms with Gasteiger partial charge in [-0.15, -0.1) is 0 Å². The normalized spacial score (nSPS) is 11.5. The molecule has 8 heteroatoms. The average molecular weight is 297 g/mol. The highest BCUT2D eigenvalue weighted by Crippen LogP contribution is 2.15. The summed E-state index contributed by atoms with van der Waals surface area (Å²) in [6, 6.07) is 3.17. The Hall–Kier alpha value is -2.35. The summed E-state index contributed by atoms with van der Waals surface area (Å²) in [6.07, 6.45) is -0.108. The standard InChI is InChI=1S/C13H19N3O5/c1-3-19-12(21-9-17)8-16(13(18)20-4-2)11-6-5-10(14)7-15-11/h5-7,9,12H,3-4,8,14H2,1-2H3. The number of rotatable bonds is 8. The van der Waals surface area contributed by atoms with Gasteiger partial charge in [0.25, 0.3) is 6.47 Å². The Balaban J connectivity index is 2.92. The Morgan fingerprint density at radius 1 is 1.43 bits per heavy atom. The lowest BCUT2D eigenvalue weighted by Gasteiger charge is -2.24. The minimum atomic E-state index is -0.906. The fourth-order valence-corrected chi connectivity index (χ4v) is 1.55. The van der Waals surface area contributed by atoms with Crippen LogP contribution in [-0.2, 0) is 19.0 Å². The summed E-state index contributed by atoms with van der Waals surface area (Å²) < 4.78 is 15.0. The van der Waals surface area contributed by atoms with E-state index in [9.17, 15) is 9.59 Å². The Morgan fingerprint density at radius 2 is 2.19 bits per heavy atom. The van der Waals surface area contributed by atoms with Crippen LogP contribution in [-0.4, -0.2) is 43.6 Å². The fourth-order valence-electron chi connectivity index (χ4n) is 1.55. The highest BCUT2D eigenvalue weighted by atomic mass is 16.7. The molecule has 0 bridgehead atoms. The minimum absolute atomic E-state index is 0.0394. The van der Waals surface area contributed by atoms with E-state index >= 15 is 0 Å². The van der Waals surface area contributed by atoms with Crippen molar-refractivity contribution >= 4 is 24.1 Å². The van der Waals surface area contributed by atoms with Gasteiger partial charge in [-0.3, -0.25) is 9.69 Å². The number of hydrogen-bond donors (Lipinski definition) is 1. The van der Waals surface area contributed by atoms with E-state index in [4.69, 9.17) is 19.9 Å². The summed E-state index contributed by atoms with van der Waals surface area (Å²) in [5, 5.41) is 0. The maximum absolute atomic E-state index is 12.0. The van der Waals surface area contributed by atoms with Gasteiger partial charge in [0.1, 0.15) is 5.82 Å². The second-order valence-corrected chi connectivity index (χ2v) is 3.88. The van der Waals surface area contributed by atoms with Crippen LogP contribution in [0.5, 0.6) is 0 Å². The highest BCUT2D eigenvalue weighted by Gasteiger charge is 2.23. The largest absolute Gasteiger partial charge is 0.449 e. The molecule has 0 aliphatic heterocycles. The summed E-state index contributed by atoms with van der Waals surface area (Å²) in [5.41, 5.74) is 6.03. The Labute approximate surface area is 122 Å². The molecule has 0 radical (unpaired) electrons. The van der Waals surface area contributed by atoms with Crippen molar-refractivity contribution in [2.45, 2.75) is 20.1 Å². The van der Waals surface area contributed by atoms with Crippen LogP contribution in [0.15, 0.2) is 18.3 Å². The zero-order chi connectivity index (χ0) is 15.7. The third kappa shape index (κ3) is 5.27. The summed E-state index contributed by atoms with van der Waals surface area (Å²) in [6.45, 7) is 4.19. The van der Waals surface area contributed by atoms with Gasteiger partial charge in [0, 0.05) is 6.61 Å². The molecule has 0 saturated heterocycles. The van der Waals surface area contributed by atoms with Gasteiger partial charge in [-0.25, -0.2) is 9.78 Å². The van der Waals surface area contributed by atoms with Gasteiger partial charge >= 0.3 is 6.09 Å². The van der Waals surface area contributed by atoms with Crippen LogP contribution in [0, 0.1) is 0 Å². The second kappa shape index (κ2) is 8.75. The summed E-state index contributed by atoms with van der Waals surface area (Å²) in [5.74, 6) is 0.321. The molecule has 1 rings (SSSR count). The molecule has 0 aliphatic carbocycles. The number of aromatic nitrogens is 1. The number of ether oxygens (including phenoxy) is 3. The molecule has 0 aliphatic rings. The van der Waals surface area contributed by atoms with E-state index in [2.05, 4.69) is 4.98 Å². The molecule has 0 aromatic carbocycles. The molecular weight excluding hydrogens is 278 g/mol. The molecule has 116 valence electrons. The lowest BCUT2D eigenvalue weighted by molar-refractivity contribution is -0.160. The number of nitrogen functional groups attached to an aromatic ring is 1. The maximum atomic E-state index is 12.0. The van der Waals surface area contributed by atoms with Gasteiger partial charge in [0.2, 0.25) is 6.29 Å². The van der Waals surface area contributed by atoms with E-state index in [0.717, 1.165) is 0 Å². The average Bonchev–Trinajstić information content (AvgIpc) is 2.46. The quantitative estimate of drug-likeness (QED) is 0.567. The van der Waals surface area contributed by atoms with E-state index in [0.29, 0.717) is 18.1 Å². The third-order valence-corrected chi connectivity index (χ3v) is 2.43. The molecule has 8 nitrogen and oxygen atoms in total. The molecule has 1 aromatic heterocycles. The monoisotopic (exact) mass is 297 g/mol. The van der Waals surface area contributed by atoms with Gasteiger partial charge in [-0.05, 0) is 26.0 Å². The van der Waals surface area contributed by atoms with Crippen molar-refractivity contribution in [1.29, 1.82) is 0 Å². The van der Waals surface area contributed by atoms with Crippen LogP contribution in [0.25, 0.3) is 0 Å². The van der Waals surface area contributed by atoms with E-state index in [-0.39, 0.29) is 19.6 Å². The van der Waals surface area contributed by atoms with E-state index in [1.54, 1.807) is 26.0 Å². The van der Waals surface area contributed by atoms with Crippen molar-refractivity contribution in [3.8, 4) is 0 Å². The first-order valence-corrected chi connectivity index (χ1v) is 6.48. The molecule has 2 N–H and O–H groups in total. The van der Waals surface area contributed by atoms with Gasteiger partial charge < -0.3 is 19.9 Å². The number of pyridine rings is 1. The number of nitrogens with two attached hydrogens (primary N) is 1. The first-order chi connectivity index (χ1) is 10.1. The van der Waals surface area contributed by atoms with Gasteiger partial charge in [-0.1, -0.05) is 0 Å². The molecule has 1 heterocycles. The molecule has 1 atom stereocenters. The number of hydrogen-bond acceptors (Lipinski definition) is 7. The van der Waals surface area contributed by atoms with Gasteiger partial charge in [0.15, 0.2) is 0 Å². The smallest absolute Gasteiger partial charge is 0.415 e. The molecule has 0 saturated carbocycles. The van der Waals surface area contributed by atoms with Crippen molar-refractivity contribution < 1.29 is 23.8 Å². The lowest BCUT2D eigenvalue weighted by Crippen LogP contribution is -2.40. The first-order valence-electron chi connectivity index (χ1n) is 6.48. The second-order valence-electron chi connectivity index (χ2n) is 3.88. The van der Waals surface area contributed by atoms with Crippen LogP contribution in [0.4, 0.5) is 16.3 Å². The predicted molar refractivity (Wildman–Crippen MR) is 75.6 cm³/mol. The molecule has 1 unspecified atom stereocenters. The fraction of sp³-hybridized carbons (Fsp3) is 0.462. The number of nitrogens with zero attached hydrogens (tertiary/aromatic N) is 2. The lowest BCUT2D eigenvalue weighted by atomic mass is 10.4. The first kappa shape index (κ1) is 16.7. The summed E-state index contributed by atoms with van der Waals surface area (Å²) in [7, 11) is 0. The number of anilines is 2. The molecule has 21 heavy (non-hydrogen) atoms. The van der Waals surface area contributed by atoms with E-state index < -0.39 is 12.4 Å². The molecule has 0 fully saturated rings. The molecule has 1 aromatic rings. The van der Waals surface area contributed by atoms with Crippen molar-refractivity contribution in [3.05, 3.63) is 18.3 Å². The Morgan fingerprint density at radius 3 is 2.71 bits per heavy atom. The molecule has 1 amide bonds. The minimum Gasteiger partial charge on any atom is -0.449 e. The number of carbonyl (C=O) groups is 2. The predicted octanol–water partition coefficient (Wildman–Crippen LogP) is 1.16. The molecule has 0 spiro atoms. The number of amides is 1. The summed E-state index contributed by atoms with van der Waals surface area (Å²) in [4.78, 5) is 27.8. The zero-order valence-electron chi connectivity index (χ0n) is 12.0. The molecular formula is C13H19N3O5. The third-order valence-electron chi connectivity index (χ3n) is 2.43. The zero-order valence-corrected chi connectivity index (χ0v) is 12.0. The van der Waals surface area contributed by atoms with Crippen molar-refractivity contribution in [3.63, 3.8) is 0 Å². The van der Waals surface area contributed by atoms with E-state index in [1.165, 1.54) is 11.1 Å². The number of carbonyl (C=O) groups excluding carboxylic acids is 2. The van der Waals surface area contributed by atoms with Crippen LogP contribution < -0.4 is 10.6 Å². The maximum Gasteiger partial charge on any atom is 0.415 e. The highest BCUT2D eigenvalue weighted by molar-refractivity contribution is 5.86. The van der Waals surface area contributed by atoms with Crippen LogP contribution in [0.3, 0.4) is 0 Å². The van der Waals surface area contributed by atoms with E-state index in [1.807, 2.05) is 0 Å². The Bertz CT molecular complexity index is 452. The van der Waals surface area contributed by atoms with Crippen LogP contribution in [0.2, 0.25) is 0 Å². The van der Waals surface area contributed by atoms with Crippen molar-refractivity contribution in [2.24, 2.45) is 0 Å². The summed E-state index contributed by atoms with van der Waals surface area (Å²) >= 11 is 0. The van der Waals surface area contributed by atoms with Gasteiger partial charge in [0.05, 0.1) is 25.0 Å². The topological polar surface area (TPSA) is 104 Å².